The lowest BCUT2D eigenvalue weighted by Crippen LogP contribution is -2.32. The Morgan fingerprint density at radius 3 is 2.78 bits per heavy atom. The minimum Gasteiger partial charge on any atom is -0.360 e. The number of carbonyl (C=O) groups excluding carboxylic acids is 1. The number of nitrogens with one attached hydrogen (secondary N) is 2. The zero-order chi connectivity index (χ0) is 19.0. The van der Waals surface area contributed by atoms with Crippen LogP contribution in [0.5, 0.6) is 0 Å². The van der Waals surface area contributed by atoms with Gasteiger partial charge in [-0.2, -0.15) is 5.10 Å². The van der Waals surface area contributed by atoms with Crippen molar-refractivity contribution in [3.8, 4) is 11.3 Å². The number of nitrogen functional groups attached to an aromatic ring is 1. The monoisotopic (exact) mass is 399 g/mol. The van der Waals surface area contributed by atoms with Crippen LogP contribution in [0.1, 0.15) is 16.1 Å². The number of H-pyrrole nitrogens is 1. The Bertz CT molecular complexity index is 1150. The summed E-state index contributed by atoms with van der Waals surface area (Å²) in [7, 11) is 0. The quantitative estimate of drug-likeness (QED) is 0.275. The van der Waals surface area contributed by atoms with Gasteiger partial charge >= 0.3 is 0 Å². The predicted molar refractivity (Wildman–Crippen MR) is 107 cm³/mol. The van der Waals surface area contributed by atoms with Gasteiger partial charge in [-0.05, 0) is 29.8 Å². The van der Waals surface area contributed by atoms with Crippen LogP contribution < -0.4 is 11.3 Å². The number of aromatic amines is 1. The SMILES string of the molecule is NNC(=O)c1cc(-c2c[nH]c3ccccc23)nn1Cc1ccc(Cl)cc1Cl. The average molecular weight is 400 g/mol. The molecule has 4 N–H and O–H groups in total. The number of aromatic nitrogens is 3. The van der Waals surface area contributed by atoms with Crippen LogP contribution >= 0.6 is 23.2 Å². The number of halogens is 2. The van der Waals surface area contributed by atoms with Crippen molar-refractivity contribution in [2.24, 2.45) is 5.84 Å². The topological polar surface area (TPSA) is 88.7 Å². The van der Waals surface area contributed by atoms with E-state index in [2.05, 4.69) is 15.5 Å². The molecule has 8 heteroatoms. The molecule has 136 valence electrons. The smallest absolute Gasteiger partial charge is 0.283 e. The molecule has 27 heavy (non-hydrogen) atoms. The fraction of sp³-hybridized carbons (Fsp3) is 0.0526. The van der Waals surface area contributed by atoms with Gasteiger partial charge in [0.15, 0.2) is 0 Å². The second-order valence-electron chi connectivity index (χ2n) is 6.03. The number of nitrogens with zero attached hydrogens (tertiary/aromatic N) is 2. The molecular weight excluding hydrogens is 385 g/mol. The Morgan fingerprint density at radius 1 is 1.19 bits per heavy atom. The molecule has 0 unspecified atom stereocenters. The standard InChI is InChI=1S/C19H15Cl2N5O/c20-12-6-5-11(15(21)7-12)10-26-18(19(27)24-22)8-17(25-26)14-9-23-16-4-2-1-3-13(14)16/h1-9,23H,10,22H2,(H,24,27). The van der Waals surface area contributed by atoms with Crippen molar-refractivity contribution in [3.05, 3.63) is 76.0 Å². The summed E-state index contributed by atoms with van der Waals surface area (Å²) in [6, 6.07) is 14.8. The first kappa shape index (κ1) is 17.6. The molecule has 0 saturated carbocycles. The van der Waals surface area contributed by atoms with E-state index in [1.54, 1.807) is 22.9 Å². The summed E-state index contributed by atoms with van der Waals surface area (Å²) < 4.78 is 1.58. The van der Waals surface area contributed by atoms with Crippen molar-refractivity contribution in [1.82, 2.24) is 20.2 Å². The van der Waals surface area contributed by atoms with E-state index in [9.17, 15) is 4.79 Å². The number of nitrogens with two attached hydrogens (primary N) is 1. The molecule has 2 aromatic carbocycles. The summed E-state index contributed by atoms with van der Waals surface area (Å²) in [4.78, 5) is 15.5. The van der Waals surface area contributed by atoms with Crippen molar-refractivity contribution in [2.75, 3.05) is 0 Å². The van der Waals surface area contributed by atoms with E-state index < -0.39 is 5.91 Å². The van der Waals surface area contributed by atoms with E-state index in [0.29, 0.717) is 28.0 Å². The molecule has 0 aliphatic carbocycles. The number of hydrogen-bond acceptors (Lipinski definition) is 3. The van der Waals surface area contributed by atoms with Crippen LogP contribution in [-0.4, -0.2) is 20.7 Å². The van der Waals surface area contributed by atoms with Crippen molar-refractivity contribution in [3.63, 3.8) is 0 Å². The number of fused-ring (bicyclic) bond motifs is 1. The molecule has 0 atom stereocenters. The lowest BCUT2D eigenvalue weighted by atomic mass is 10.1. The van der Waals surface area contributed by atoms with Crippen LogP contribution in [0.3, 0.4) is 0 Å². The number of hydrazine groups is 1. The Kier molecular flexibility index (Phi) is 4.61. The highest BCUT2D eigenvalue weighted by atomic mass is 35.5. The highest BCUT2D eigenvalue weighted by molar-refractivity contribution is 6.35. The summed E-state index contributed by atoms with van der Waals surface area (Å²) in [6.07, 6.45) is 1.87. The summed E-state index contributed by atoms with van der Waals surface area (Å²) >= 11 is 12.2. The molecule has 0 fully saturated rings. The van der Waals surface area contributed by atoms with Crippen LogP contribution in [0.15, 0.2) is 54.7 Å². The third-order valence-corrected chi connectivity index (χ3v) is 4.93. The highest BCUT2D eigenvalue weighted by Gasteiger charge is 2.18. The molecule has 2 aromatic heterocycles. The summed E-state index contributed by atoms with van der Waals surface area (Å²) in [5, 5.41) is 6.69. The molecule has 0 aliphatic heterocycles. The second-order valence-corrected chi connectivity index (χ2v) is 6.87. The molecule has 6 nitrogen and oxygen atoms in total. The first-order valence-electron chi connectivity index (χ1n) is 8.16. The maximum atomic E-state index is 12.3. The van der Waals surface area contributed by atoms with Crippen LogP contribution in [0.4, 0.5) is 0 Å². The fourth-order valence-electron chi connectivity index (χ4n) is 3.02. The lowest BCUT2D eigenvalue weighted by Gasteiger charge is -2.08. The van der Waals surface area contributed by atoms with Crippen LogP contribution in [0.2, 0.25) is 10.0 Å². The third kappa shape index (κ3) is 3.30. The Hall–Kier alpha value is -2.80. The van der Waals surface area contributed by atoms with Crippen molar-refractivity contribution in [2.45, 2.75) is 6.54 Å². The zero-order valence-electron chi connectivity index (χ0n) is 14.0. The van der Waals surface area contributed by atoms with E-state index in [1.165, 1.54) is 0 Å². The molecule has 4 aromatic rings. The van der Waals surface area contributed by atoms with E-state index in [1.807, 2.05) is 36.5 Å². The average Bonchev–Trinajstić information content (AvgIpc) is 3.27. The molecule has 0 saturated heterocycles. The van der Waals surface area contributed by atoms with Gasteiger partial charge in [-0.15, -0.1) is 0 Å². The third-order valence-electron chi connectivity index (χ3n) is 4.34. The van der Waals surface area contributed by atoms with Crippen molar-refractivity contribution < 1.29 is 4.79 Å². The van der Waals surface area contributed by atoms with Gasteiger partial charge in [-0.1, -0.05) is 47.5 Å². The predicted octanol–water partition coefficient (Wildman–Crippen LogP) is 3.99. The number of benzene rings is 2. The van der Waals surface area contributed by atoms with Gasteiger partial charge in [0.2, 0.25) is 0 Å². The molecular formula is C19H15Cl2N5O. The number of amides is 1. The maximum absolute atomic E-state index is 12.3. The minimum atomic E-state index is -0.432. The first-order chi connectivity index (χ1) is 13.1. The highest BCUT2D eigenvalue weighted by Crippen LogP contribution is 2.29. The minimum absolute atomic E-state index is 0.307. The van der Waals surface area contributed by atoms with E-state index in [4.69, 9.17) is 29.0 Å². The lowest BCUT2D eigenvalue weighted by molar-refractivity contribution is 0.0943. The van der Waals surface area contributed by atoms with Gasteiger partial charge < -0.3 is 4.98 Å². The van der Waals surface area contributed by atoms with Crippen LogP contribution in [0, 0.1) is 0 Å². The number of rotatable bonds is 4. The molecule has 0 radical (unpaired) electrons. The second kappa shape index (κ2) is 7.08. The van der Waals surface area contributed by atoms with Crippen molar-refractivity contribution in [1.29, 1.82) is 0 Å². The number of para-hydroxylation sites is 1. The Balaban J connectivity index is 1.80. The first-order valence-corrected chi connectivity index (χ1v) is 8.91. The summed E-state index contributed by atoms with van der Waals surface area (Å²) in [5.74, 6) is 4.91. The van der Waals surface area contributed by atoms with Crippen LogP contribution in [0.25, 0.3) is 22.2 Å². The van der Waals surface area contributed by atoms with Crippen LogP contribution in [-0.2, 0) is 6.54 Å². The molecule has 2 heterocycles. The van der Waals surface area contributed by atoms with E-state index >= 15 is 0 Å². The molecule has 0 aliphatic rings. The molecule has 1 amide bonds. The van der Waals surface area contributed by atoms with Gasteiger partial charge in [0, 0.05) is 32.7 Å². The maximum Gasteiger partial charge on any atom is 0.283 e. The number of hydrogen-bond donors (Lipinski definition) is 3. The Morgan fingerprint density at radius 2 is 2.00 bits per heavy atom. The van der Waals surface area contributed by atoms with Gasteiger partial charge in [0.1, 0.15) is 5.69 Å². The van der Waals surface area contributed by atoms with Crippen molar-refractivity contribution >= 4 is 40.0 Å². The Labute approximate surface area is 164 Å². The van der Waals surface area contributed by atoms with Gasteiger partial charge in [0.05, 0.1) is 12.2 Å². The largest absolute Gasteiger partial charge is 0.360 e. The zero-order valence-corrected chi connectivity index (χ0v) is 15.6. The molecule has 0 bridgehead atoms. The fourth-order valence-corrected chi connectivity index (χ4v) is 3.49. The molecule has 4 rings (SSSR count). The van der Waals surface area contributed by atoms with E-state index in [-0.39, 0.29) is 0 Å². The van der Waals surface area contributed by atoms with E-state index in [0.717, 1.165) is 22.0 Å². The van der Waals surface area contributed by atoms with Gasteiger partial charge in [-0.3, -0.25) is 14.9 Å². The van der Waals surface area contributed by atoms with Gasteiger partial charge in [-0.25, -0.2) is 5.84 Å². The summed E-state index contributed by atoms with van der Waals surface area (Å²) in [6.45, 7) is 0.307. The number of carbonyl (C=O) groups is 1. The normalized spacial score (nSPS) is 11.1. The summed E-state index contributed by atoms with van der Waals surface area (Å²) in [5.41, 5.74) is 5.85. The molecule has 0 spiro atoms. The van der Waals surface area contributed by atoms with Gasteiger partial charge in [0.25, 0.3) is 5.91 Å².